The highest BCUT2D eigenvalue weighted by Gasteiger charge is 2.18. The second kappa shape index (κ2) is 9.10. The molecule has 0 aliphatic carbocycles. The monoisotopic (exact) mass is 391 g/mol. The topological polar surface area (TPSA) is 63.6 Å². The summed E-state index contributed by atoms with van der Waals surface area (Å²) in [5, 5.41) is 2.81. The Bertz CT molecular complexity index is 996. The SMILES string of the molecule is CCN(CC(=O)Nc1cccc(OC)c1)C(=O)c1ccc(C)c(-n2cccc2)c1. The van der Waals surface area contributed by atoms with Gasteiger partial charge in [0.1, 0.15) is 12.3 Å². The standard InChI is InChI=1S/C23H25N3O3/c1-4-25(16-22(27)24-19-8-7-9-20(15-19)29-3)23(28)18-11-10-17(2)21(14-18)26-12-5-6-13-26/h5-15H,4,16H2,1-3H3,(H,24,27). The smallest absolute Gasteiger partial charge is 0.254 e. The average Bonchev–Trinajstić information content (AvgIpc) is 3.26. The normalized spacial score (nSPS) is 10.4. The molecule has 1 aromatic heterocycles. The van der Waals surface area contributed by atoms with E-state index >= 15 is 0 Å². The molecule has 0 spiro atoms. The average molecular weight is 391 g/mol. The Balaban J connectivity index is 1.73. The molecule has 0 atom stereocenters. The summed E-state index contributed by atoms with van der Waals surface area (Å²) < 4.78 is 7.14. The molecule has 0 unspecified atom stereocenters. The number of methoxy groups -OCH3 is 1. The Kier molecular flexibility index (Phi) is 6.34. The summed E-state index contributed by atoms with van der Waals surface area (Å²) in [6, 6.07) is 16.6. The van der Waals surface area contributed by atoms with E-state index in [0.29, 0.717) is 23.5 Å². The number of carbonyl (C=O) groups is 2. The lowest BCUT2D eigenvalue weighted by Gasteiger charge is -2.21. The molecule has 29 heavy (non-hydrogen) atoms. The molecule has 1 N–H and O–H groups in total. The summed E-state index contributed by atoms with van der Waals surface area (Å²) >= 11 is 0. The fraction of sp³-hybridized carbons (Fsp3) is 0.217. The van der Waals surface area contributed by atoms with E-state index < -0.39 is 0 Å². The molecule has 0 fully saturated rings. The molecule has 0 saturated heterocycles. The molecule has 150 valence electrons. The number of ether oxygens (including phenoxy) is 1. The van der Waals surface area contributed by atoms with E-state index in [9.17, 15) is 9.59 Å². The van der Waals surface area contributed by atoms with E-state index in [1.807, 2.05) is 55.1 Å². The van der Waals surface area contributed by atoms with Gasteiger partial charge in [0.2, 0.25) is 5.91 Å². The number of nitrogens with zero attached hydrogens (tertiary/aromatic N) is 2. The van der Waals surface area contributed by atoms with Crippen molar-refractivity contribution in [3.8, 4) is 11.4 Å². The van der Waals surface area contributed by atoms with Crippen molar-refractivity contribution >= 4 is 17.5 Å². The van der Waals surface area contributed by atoms with Gasteiger partial charge in [0.25, 0.3) is 5.91 Å². The largest absolute Gasteiger partial charge is 0.497 e. The van der Waals surface area contributed by atoms with Crippen LogP contribution in [0, 0.1) is 6.92 Å². The van der Waals surface area contributed by atoms with Gasteiger partial charge in [0.15, 0.2) is 0 Å². The molecule has 0 saturated carbocycles. The molecule has 6 nitrogen and oxygen atoms in total. The molecule has 2 amide bonds. The van der Waals surface area contributed by atoms with Gasteiger partial charge in [0, 0.05) is 41.9 Å². The van der Waals surface area contributed by atoms with Gasteiger partial charge in [-0.1, -0.05) is 12.1 Å². The van der Waals surface area contributed by atoms with Crippen molar-refractivity contribution in [1.29, 1.82) is 0 Å². The molecule has 3 rings (SSSR count). The van der Waals surface area contributed by atoms with Gasteiger partial charge >= 0.3 is 0 Å². The molecule has 1 heterocycles. The van der Waals surface area contributed by atoms with Crippen LogP contribution in [0.25, 0.3) is 5.69 Å². The minimum absolute atomic E-state index is 0.0285. The molecule has 0 bridgehead atoms. The molecule has 3 aromatic rings. The number of likely N-dealkylation sites (N-methyl/N-ethyl adjacent to an activating group) is 1. The van der Waals surface area contributed by atoms with Crippen LogP contribution in [0.5, 0.6) is 5.75 Å². The third-order valence-corrected chi connectivity index (χ3v) is 4.70. The van der Waals surface area contributed by atoms with Crippen LogP contribution in [0.1, 0.15) is 22.8 Å². The Hall–Kier alpha value is -3.54. The molecule has 0 radical (unpaired) electrons. The fourth-order valence-corrected chi connectivity index (χ4v) is 3.10. The van der Waals surface area contributed by atoms with Crippen molar-refractivity contribution in [2.75, 3.05) is 25.5 Å². The van der Waals surface area contributed by atoms with Crippen LogP contribution in [0.15, 0.2) is 67.0 Å². The van der Waals surface area contributed by atoms with E-state index in [1.54, 1.807) is 37.4 Å². The summed E-state index contributed by atoms with van der Waals surface area (Å²) in [7, 11) is 1.57. The van der Waals surface area contributed by atoms with Crippen LogP contribution in [0.4, 0.5) is 5.69 Å². The summed E-state index contributed by atoms with van der Waals surface area (Å²) in [6.45, 7) is 4.26. The number of aryl methyl sites for hydroxylation is 1. The first kappa shape index (κ1) is 20.2. The Morgan fingerprint density at radius 1 is 1.07 bits per heavy atom. The quantitative estimate of drug-likeness (QED) is 0.664. The Morgan fingerprint density at radius 3 is 2.52 bits per heavy atom. The first-order valence-electron chi connectivity index (χ1n) is 9.49. The number of anilines is 1. The minimum Gasteiger partial charge on any atom is -0.497 e. The van der Waals surface area contributed by atoms with Gasteiger partial charge in [-0.15, -0.1) is 0 Å². The summed E-state index contributed by atoms with van der Waals surface area (Å²) in [5.41, 5.74) is 3.19. The van der Waals surface area contributed by atoms with Crippen molar-refractivity contribution in [1.82, 2.24) is 9.47 Å². The lowest BCUT2D eigenvalue weighted by atomic mass is 10.1. The summed E-state index contributed by atoms with van der Waals surface area (Å²) in [6.07, 6.45) is 3.88. The lowest BCUT2D eigenvalue weighted by molar-refractivity contribution is -0.116. The molecular weight excluding hydrogens is 366 g/mol. The van der Waals surface area contributed by atoms with Crippen LogP contribution in [0.3, 0.4) is 0 Å². The van der Waals surface area contributed by atoms with E-state index in [-0.39, 0.29) is 18.4 Å². The predicted molar refractivity (Wildman–Crippen MR) is 114 cm³/mol. The molecule has 6 heteroatoms. The zero-order valence-electron chi connectivity index (χ0n) is 16.9. The maximum absolute atomic E-state index is 13.0. The third kappa shape index (κ3) is 4.85. The summed E-state index contributed by atoms with van der Waals surface area (Å²) in [5.74, 6) is 0.219. The van der Waals surface area contributed by atoms with E-state index in [1.165, 1.54) is 4.90 Å². The van der Waals surface area contributed by atoms with Gasteiger partial charge in [-0.2, -0.15) is 0 Å². The highest BCUT2D eigenvalue weighted by molar-refractivity contribution is 5.99. The molecule has 0 aliphatic rings. The predicted octanol–water partition coefficient (Wildman–Crippen LogP) is 3.90. The number of carbonyl (C=O) groups excluding carboxylic acids is 2. The van der Waals surface area contributed by atoms with Crippen LogP contribution in [-0.2, 0) is 4.79 Å². The zero-order valence-corrected chi connectivity index (χ0v) is 16.9. The summed E-state index contributed by atoms with van der Waals surface area (Å²) in [4.78, 5) is 27.0. The second-order valence-corrected chi connectivity index (χ2v) is 6.69. The zero-order chi connectivity index (χ0) is 20.8. The van der Waals surface area contributed by atoms with Crippen molar-refractivity contribution < 1.29 is 14.3 Å². The lowest BCUT2D eigenvalue weighted by Crippen LogP contribution is -2.37. The molecular formula is C23H25N3O3. The number of amides is 2. The van der Waals surface area contributed by atoms with E-state index in [0.717, 1.165) is 11.3 Å². The number of hydrogen-bond donors (Lipinski definition) is 1. The maximum Gasteiger partial charge on any atom is 0.254 e. The number of nitrogens with one attached hydrogen (secondary N) is 1. The van der Waals surface area contributed by atoms with E-state index in [4.69, 9.17) is 4.74 Å². The van der Waals surface area contributed by atoms with Gasteiger partial charge in [-0.25, -0.2) is 0 Å². The fourth-order valence-electron chi connectivity index (χ4n) is 3.10. The first-order chi connectivity index (χ1) is 14.0. The second-order valence-electron chi connectivity index (χ2n) is 6.69. The number of benzene rings is 2. The van der Waals surface area contributed by atoms with Crippen molar-refractivity contribution in [3.63, 3.8) is 0 Å². The van der Waals surface area contributed by atoms with Crippen molar-refractivity contribution in [2.45, 2.75) is 13.8 Å². The van der Waals surface area contributed by atoms with Gasteiger partial charge in [-0.3, -0.25) is 9.59 Å². The third-order valence-electron chi connectivity index (χ3n) is 4.70. The number of hydrogen-bond acceptors (Lipinski definition) is 3. The van der Waals surface area contributed by atoms with Crippen molar-refractivity contribution in [3.05, 3.63) is 78.1 Å². The van der Waals surface area contributed by atoms with Gasteiger partial charge in [0.05, 0.1) is 7.11 Å². The van der Waals surface area contributed by atoms with Crippen LogP contribution in [0.2, 0.25) is 0 Å². The number of rotatable bonds is 7. The highest BCUT2D eigenvalue weighted by atomic mass is 16.5. The van der Waals surface area contributed by atoms with Crippen LogP contribution in [-0.4, -0.2) is 41.5 Å². The number of aromatic nitrogens is 1. The van der Waals surface area contributed by atoms with Crippen LogP contribution >= 0.6 is 0 Å². The molecule has 0 aliphatic heterocycles. The van der Waals surface area contributed by atoms with E-state index in [2.05, 4.69) is 5.32 Å². The first-order valence-corrected chi connectivity index (χ1v) is 9.49. The highest BCUT2D eigenvalue weighted by Crippen LogP contribution is 2.19. The van der Waals surface area contributed by atoms with Crippen molar-refractivity contribution in [2.24, 2.45) is 0 Å². The van der Waals surface area contributed by atoms with Crippen LogP contribution < -0.4 is 10.1 Å². The van der Waals surface area contributed by atoms with Gasteiger partial charge in [-0.05, 0) is 55.8 Å². The van der Waals surface area contributed by atoms with Gasteiger partial charge < -0.3 is 19.5 Å². The Morgan fingerprint density at radius 2 is 1.83 bits per heavy atom. The molecule has 2 aromatic carbocycles. The minimum atomic E-state index is -0.258. The maximum atomic E-state index is 13.0. The Labute approximate surface area is 170 Å².